The van der Waals surface area contributed by atoms with Crippen LogP contribution in [0.1, 0.15) is 32.4 Å². The minimum absolute atomic E-state index is 0.0347. The maximum Gasteiger partial charge on any atom is 0.308 e. The molecule has 0 aromatic heterocycles. The number of rotatable bonds is 6. The van der Waals surface area contributed by atoms with Crippen molar-refractivity contribution in [3.63, 3.8) is 0 Å². The predicted octanol–water partition coefficient (Wildman–Crippen LogP) is 2.39. The highest BCUT2D eigenvalue weighted by Crippen LogP contribution is 2.25. The maximum atomic E-state index is 13.1. The Morgan fingerprint density at radius 3 is 2.46 bits per heavy atom. The van der Waals surface area contributed by atoms with E-state index in [2.05, 4.69) is 0 Å². The van der Waals surface area contributed by atoms with E-state index < -0.39 is 11.9 Å². The molecule has 1 aliphatic rings. The van der Waals surface area contributed by atoms with Gasteiger partial charge in [0.1, 0.15) is 5.82 Å². The third-order valence-corrected chi connectivity index (χ3v) is 4.84. The Kier molecular flexibility index (Phi) is 5.94. The predicted molar refractivity (Wildman–Crippen MR) is 88.9 cm³/mol. The van der Waals surface area contributed by atoms with Gasteiger partial charge in [0.2, 0.25) is 5.91 Å². The molecular weight excluding hydrogens is 311 g/mol. The second-order valence-corrected chi connectivity index (χ2v) is 6.52. The zero-order valence-electron chi connectivity index (χ0n) is 14.4. The number of hydrogen-bond donors (Lipinski definition) is 1. The molecular formula is C18H25FN2O3. The number of carboxylic acid groups (broad SMARTS) is 1. The van der Waals surface area contributed by atoms with E-state index in [1.54, 1.807) is 17.0 Å². The lowest BCUT2D eigenvalue weighted by molar-refractivity contribution is -0.142. The number of nitrogens with zero attached hydrogens (tertiary/aromatic N) is 2. The molecule has 1 fully saturated rings. The molecule has 1 aromatic carbocycles. The highest BCUT2D eigenvalue weighted by atomic mass is 19.1. The summed E-state index contributed by atoms with van der Waals surface area (Å²) < 4.78 is 13.1. The molecule has 0 saturated carbocycles. The minimum Gasteiger partial charge on any atom is -0.481 e. The molecule has 1 heterocycles. The average Bonchev–Trinajstić information content (AvgIpc) is 2.89. The van der Waals surface area contributed by atoms with Gasteiger partial charge in [-0.15, -0.1) is 0 Å². The highest BCUT2D eigenvalue weighted by Gasteiger charge is 2.36. The van der Waals surface area contributed by atoms with Gasteiger partial charge in [0, 0.05) is 19.6 Å². The first-order valence-electron chi connectivity index (χ1n) is 8.33. The number of benzene rings is 1. The van der Waals surface area contributed by atoms with Crippen molar-refractivity contribution in [2.24, 2.45) is 11.8 Å². The molecule has 5 nitrogen and oxygen atoms in total. The molecule has 1 aromatic rings. The Morgan fingerprint density at radius 2 is 1.96 bits per heavy atom. The number of aliphatic carboxylic acids is 1. The van der Waals surface area contributed by atoms with Crippen molar-refractivity contribution in [1.82, 2.24) is 9.80 Å². The van der Waals surface area contributed by atoms with Gasteiger partial charge in [-0.1, -0.05) is 19.1 Å². The number of carboxylic acids is 1. The minimum atomic E-state index is -0.801. The molecule has 1 N–H and O–H groups in total. The number of amides is 1. The molecule has 1 amide bonds. The van der Waals surface area contributed by atoms with Crippen LogP contribution in [0.5, 0.6) is 0 Å². The van der Waals surface area contributed by atoms with Gasteiger partial charge in [0.25, 0.3) is 0 Å². The van der Waals surface area contributed by atoms with Crippen LogP contribution in [-0.2, 0) is 9.59 Å². The Balaban J connectivity index is 2.01. The van der Waals surface area contributed by atoms with Crippen LogP contribution in [0.2, 0.25) is 0 Å². The first-order valence-corrected chi connectivity index (χ1v) is 8.33. The third-order valence-electron chi connectivity index (χ3n) is 4.84. The molecule has 2 rings (SSSR count). The zero-order valence-corrected chi connectivity index (χ0v) is 14.4. The fourth-order valence-corrected chi connectivity index (χ4v) is 3.39. The fourth-order valence-electron chi connectivity index (χ4n) is 3.39. The van der Waals surface area contributed by atoms with Crippen LogP contribution in [0, 0.1) is 17.7 Å². The first-order chi connectivity index (χ1) is 11.3. The SMILES string of the molecule is CCN(C(=O)CN1C[C@@H](C)[C@H](C(=O)O)C1)C(C)c1ccc(F)cc1. The van der Waals surface area contributed by atoms with Crippen LogP contribution in [0.3, 0.4) is 0 Å². The number of carbonyl (C=O) groups is 2. The summed E-state index contributed by atoms with van der Waals surface area (Å²) >= 11 is 0. The van der Waals surface area contributed by atoms with Gasteiger partial charge in [0.05, 0.1) is 18.5 Å². The molecule has 0 spiro atoms. The summed E-state index contributed by atoms with van der Waals surface area (Å²) in [7, 11) is 0. The average molecular weight is 336 g/mol. The van der Waals surface area contributed by atoms with E-state index in [9.17, 15) is 19.1 Å². The number of likely N-dealkylation sites (tertiary alicyclic amines) is 1. The summed E-state index contributed by atoms with van der Waals surface area (Å²) in [5.41, 5.74) is 0.879. The Morgan fingerprint density at radius 1 is 1.33 bits per heavy atom. The van der Waals surface area contributed by atoms with Gasteiger partial charge in [0.15, 0.2) is 0 Å². The number of hydrogen-bond acceptors (Lipinski definition) is 3. The van der Waals surface area contributed by atoms with Gasteiger partial charge in [-0.3, -0.25) is 14.5 Å². The molecule has 0 bridgehead atoms. The van der Waals surface area contributed by atoms with Crippen molar-refractivity contribution >= 4 is 11.9 Å². The Labute approximate surface area is 142 Å². The highest BCUT2D eigenvalue weighted by molar-refractivity contribution is 5.79. The normalized spacial score (nSPS) is 22.3. The van der Waals surface area contributed by atoms with Crippen molar-refractivity contribution in [3.8, 4) is 0 Å². The third kappa shape index (κ3) is 4.12. The lowest BCUT2D eigenvalue weighted by atomic mass is 9.99. The van der Waals surface area contributed by atoms with Gasteiger partial charge in [-0.2, -0.15) is 0 Å². The summed E-state index contributed by atoms with van der Waals surface area (Å²) in [5, 5.41) is 9.20. The number of carbonyl (C=O) groups excluding carboxylic acids is 1. The van der Waals surface area contributed by atoms with E-state index in [0.29, 0.717) is 19.6 Å². The molecule has 1 unspecified atom stereocenters. The molecule has 0 radical (unpaired) electrons. The van der Waals surface area contributed by atoms with E-state index in [4.69, 9.17) is 0 Å². The van der Waals surface area contributed by atoms with E-state index in [1.807, 2.05) is 25.7 Å². The smallest absolute Gasteiger partial charge is 0.308 e. The van der Waals surface area contributed by atoms with Crippen LogP contribution < -0.4 is 0 Å². The quantitative estimate of drug-likeness (QED) is 0.866. The van der Waals surface area contributed by atoms with Gasteiger partial charge in [-0.05, 0) is 37.5 Å². The van der Waals surface area contributed by atoms with Crippen LogP contribution in [0.4, 0.5) is 4.39 Å². The molecule has 1 saturated heterocycles. The lowest BCUT2D eigenvalue weighted by Crippen LogP contribution is -2.41. The van der Waals surface area contributed by atoms with E-state index in [-0.39, 0.29) is 30.2 Å². The molecule has 1 aliphatic heterocycles. The van der Waals surface area contributed by atoms with Crippen LogP contribution in [0.25, 0.3) is 0 Å². The number of likely N-dealkylation sites (N-methyl/N-ethyl adjacent to an activating group) is 1. The Hall–Kier alpha value is -1.95. The van der Waals surface area contributed by atoms with Crippen molar-refractivity contribution in [2.45, 2.75) is 26.8 Å². The van der Waals surface area contributed by atoms with Gasteiger partial charge >= 0.3 is 5.97 Å². The molecule has 24 heavy (non-hydrogen) atoms. The largest absolute Gasteiger partial charge is 0.481 e. The molecule has 6 heteroatoms. The van der Waals surface area contributed by atoms with Crippen LogP contribution in [-0.4, -0.2) is 53.0 Å². The molecule has 0 aliphatic carbocycles. The van der Waals surface area contributed by atoms with Crippen molar-refractivity contribution in [2.75, 3.05) is 26.2 Å². The molecule has 132 valence electrons. The topological polar surface area (TPSA) is 60.9 Å². The van der Waals surface area contributed by atoms with Crippen LogP contribution in [0.15, 0.2) is 24.3 Å². The maximum absolute atomic E-state index is 13.1. The van der Waals surface area contributed by atoms with Crippen molar-refractivity contribution in [3.05, 3.63) is 35.6 Å². The second kappa shape index (κ2) is 7.75. The zero-order chi connectivity index (χ0) is 17.9. The van der Waals surface area contributed by atoms with E-state index in [1.165, 1.54) is 12.1 Å². The fraction of sp³-hybridized carbons (Fsp3) is 0.556. The van der Waals surface area contributed by atoms with Crippen molar-refractivity contribution < 1.29 is 19.1 Å². The standard InChI is InChI=1S/C18H25FN2O3/c1-4-21(13(3)14-5-7-15(19)8-6-14)17(22)11-20-9-12(2)16(10-20)18(23)24/h5-8,12-13,16H,4,9-11H2,1-3H3,(H,23,24)/t12-,13?,16-/m1/s1. The molecule has 3 atom stereocenters. The number of halogens is 1. The van der Waals surface area contributed by atoms with E-state index >= 15 is 0 Å². The summed E-state index contributed by atoms with van der Waals surface area (Å²) in [6.07, 6.45) is 0. The van der Waals surface area contributed by atoms with Gasteiger partial charge in [-0.25, -0.2) is 4.39 Å². The summed E-state index contributed by atoms with van der Waals surface area (Å²) in [4.78, 5) is 27.5. The van der Waals surface area contributed by atoms with E-state index in [0.717, 1.165) is 5.56 Å². The first kappa shape index (κ1) is 18.4. The van der Waals surface area contributed by atoms with Gasteiger partial charge < -0.3 is 10.0 Å². The second-order valence-electron chi connectivity index (χ2n) is 6.52. The lowest BCUT2D eigenvalue weighted by Gasteiger charge is -2.30. The summed E-state index contributed by atoms with van der Waals surface area (Å²) in [6.45, 7) is 7.51. The summed E-state index contributed by atoms with van der Waals surface area (Å²) in [5.74, 6) is -1.51. The monoisotopic (exact) mass is 336 g/mol. The van der Waals surface area contributed by atoms with Crippen molar-refractivity contribution in [1.29, 1.82) is 0 Å². The van der Waals surface area contributed by atoms with Crippen LogP contribution >= 0.6 is 0 Å². The summed E-state index contributed by atoms with van der Waals surface area (Å²) in [6, 6.07) is 6.01. The Bertz CT molecular complexity index is 590.